The molecule has 0 saturated carbocycles. The first-order valence-corrected chi connectivity index (χ1v) is 10.4. The molecule has 0 aliphatic heterocycles. The number of hydrogen-bond acceptors (Lipinski definition) is 4. The van der Waals surface area contributed by atoms with Gasteiger partial charge in [-0.3, -0.25) is 0 Å². The number of aliphatic hydroxyl groups is 2. The number of aliphatic hydroxyl groups excluding tert-OH is 2. The van der Waals surface area contributed by atoms with Crippen LogP contribution < -0.4 is 0 Å². The van der Waals surface area contributed by atoms with E-state index in [1.54, 1.807) is 13.8 Å². The maximum Gasteiger partial charge on any atom is 0.159 e. The molecule has 3 aromatic carbocycles. The van der Waals surface area contributed by atoms with Crippen molar-refractivity contribution in [2.45, 2.75) is 39.4 Å². The Bertz CT molecular complexity index is 1000. The van der Waals surface area contributed by atoms with Crippen molar-refractivity contribution in [3.63, 3.8) is 0 Å². The van der Waals surface area contributed by atoms with Crippen molar-refractivity contribution in [3.8, 4) is 28.5 Å². The van der Waals surface area contributed by atoms with E-state index in [9.17, 15) is 0 Å². The van der Waals surface area contributed by atoms with Crippen molar-refractivity contribution in [3.05, 3.63) is 90.5 Å². The Morgan fingerprint density at radius 2 is 1.41 bits per heavy atom. The number of aromatic nitrogens is 3. The summed E-state index contributed by atoms with van der Waals surface area (Å²) in [6, 6.07) is 29.6. The Kier molecular flexibility index (Phi) is 9.94. The first-order valence-electron chi connectivity index (χ1n) is 10.4. The molecule has 0 saturated heterocycles. The van der Waals surface area contributed by atoms with Gasteiger partial charge in [0.25, 0.3) is 0 Å². The van der Waals surface area contributed by atoms with Crippen molar-refractivity contribution >= 4 is 0 Å². The predicted molar refractivity (Wildman–Crippen MR) is 124 cm³/mol. The van der Waals surface area contributed by atoms with Gasteiger partial charge in [0.05, 0.1) is 18.0 Å². The Hall–Kier alpha value is -2.63. The second-order valence-electron chi connectivity index (χ2n) is 7.59. The largest absolute Gasteiger partial charge is 0.393 e. The molecule has 1 aromatic heterocycles. The fourth-order valence-electron chi connectivity index (χ4n) is 3.20. The van der Waals surface area contributed by atoms with Gasteiger partial charge in [0.1, 0.15) is 0 Å². The van der Waals surface area contributed by atoms with Crippen LogP contribution in [0, 0.1) is 13.0 Å². The summed E-state index contributed by atoms with van der Waals surface area (Å²) in [6.07, 6.45) is -0.278. The maximum absolute atomic E-state index is 8.56. The van der Waals surface area contributed by atoms with E-state index in [4.69, 9.17) is 10.2 Å². The van der Waals surface area contributed by atoms with Crippen molar-refractivity contribution in [1.29, 1.82) is 0 Å². The van der Waals surface area contributed by atoms with Gasteiger partial charge in [-0.05, 0) is 39.3 Å². The van der Waals surface area contributed by atoms with Gasteiger partial charge in [-0.2, -0.15) is 5.10 Å². The average molecular weight is 607 g/mol. The van der Waals surface area contributed by atoms with Crippen LogP contribution in [0.4, 0.5) is 0 Å². The fourth-order valence-corrected chi connectivity index (χ4v) is 3.20. The summed E-state index contributed by atoms with van der Waals surface area (Å²) in [5.41, 5.74) is 4.22. The van der Waals surface area contributed by atoms with Gasteiger partial charge in [-0.25, -0.2) is 0 Å². The molecule has 0 amide bonds. The molecule has 0 spiro atoms. The van der Waals surface area contributed by atoms with E-state index in [0.717, 1.165) is 28.5 Å². The Morgan fingerprint density at radius 1 is 0.812 bits per heavy atom. The van der Waals surface area contributed by atoms with Crippen LogP contribution in [0.5, 0.6) is 0 Å². The molecule has 4 aromatic rings. The minimum absolute atomic E-state index is 0. The number of aryl methyl sites for hydroxylation is 1. The molecule has 169 valence electrons. The van der Waals surface area contributed by atoms with Crippen LogP contribution in [-0.2, 0) is 20.1 Å². The third-order valence-corrected chi connectivity index (χ3v) is 4.62. The van der Waals surface area contributed by atoms with Crippen LogP contribution in [-0.4, -0.2) is 37.2 Å². The Morgan fingerprint density at radius 3 is 1.94 bits per heavy atom. The molecule has 6 heteroatoms. The van der Waals surface area contributed by atoms with E-state index >= 15 is 0 Å². The van der Waals surface area contributed by atoms with Gasteiger partial charge >= 0.3 is 0 Å². The summed E-state index contributed by atoms with van der Waals surface area (Å²) in [7, 11) is 0. The predicted octanol–water partition coefficient (Wildman–Crippen LogP) is 4.85. The molecule has 2 N–H and O–H groups in total. The van der Waals surface area contributed by atoms with Crippen molar-refractivity contribution in [2.24, 2.45) is 0 Å². The summed E-state index contributed by atoms with van der Waals surface area (Å²) in [6.45, 7) is 5.40. The van der Waals surface area contributed by atoms with E-state index in [0.29, 0.717) is 6.42 Å². The van der Waals surface area contributed by atoms with E-state index in [2.05, 4.69) is 52.0 Å². The number of benzene rings is 3. The number of hydrogen-bond donors (Lipinski definition) is 2. The maximum atomic E-state index is 8.56. The van der Waals surface area contributed by atoms with Gasteiger partial charge in [0, 0.05) is 31.4 Å². The smallest absolute Gasteiger partial charge is 0.159 e. The Balaban J connectivity index is 0.000000398. The molecular weight excluding hydrogens is 579 g/mol. The zero-order chi connectivity index (χ0) is 22.2. The summed E-state index contributed by atoms with van der Waals surface area (Å²) < 4.78 is 2.08. The van der Waals surface area contributed by atoms with Crippen molar-refractivity contribution in [2.75, 3.05) is 0 Å². The van der Waals surface area contributed by atoms with Gasteiger partial charge in [0.2, 0.25) is 0 Å². The van der Waals surface area contributed by atoms with E-state index in [1.165, 1.54) is 5.56 Å². The molecular formula is C26H28IrN3O2-. The van der Waals surface area contributed by atoms with Crippen molar-refractivity contribution in [1.82, 2.24) is 14.8 Å². The van der Waals surface area contributed by atoms with Crippen LogP contribution in [0.3, 0.4) is 0 Å². The van der Waals surface area contributed by atoms with Gasteiger partial charge in [0.15, 0.2) is 5.82 Å². The van der Waals surface area contributed by atoms with Crippen LogP contribution in [0.15, 0.2) is 78.9 Å². The second-order valence-corrected chi connectivity index (χ2v) is 7.59. The van der Waals surface area contributed by atoms with Gasteiger partial charge < -0.3 is 14.8 Å². The van der Waals surface area contributed by atoms with E-state index in [-0.39, 0.29) is 32.3 Å². The molecule has 5 nitrogen and oxygen atoms in total. The molecule has 0 aliphatic rings. The molecule has 1 radical (unpaired) electrons. The topological polar surface area (TPSA) is 71.2 Å². The van der Waals surface area contributed by atoms with E-state index < -0.39 is 0 Å². The zero-order valence-electron chi connectivity index (χ0n) is 18.4. The number of nitrogens with zero attached hydrogens (tertiary/aromatic N) is 3. The molecule has 2 unspecified atom stereocenters. The second kappa shape index (κ2) is 12.4. The van der Waals surface area contributed by atoms with Gasteiger partial charge in [-0.1, -0.05) is 48.0 Å². The van der Waals surface area contributed by atoms with Gasteiger partial charge in [-0.15, -0.1) is 41.0 Å². The molecule has 0 fully saturated rings. The SMILES string of the molecule is CC(O)CC(C)O.Cc1ccc(-n2c(-c3[c-]cccc3)nnc2-c2ccccc2)cc1.[Ir]. The summed E-state index contributed by atoms with van der Waals surface area (Å²) in [4.78, 5) is 0. The summed E-state index contributed by atoms with van der Waals surface area (Å²) in [5, 5.41) is 26.0. The third-order valence-electron chi connectivity index (χ3n) is 4.62. The fraction of sp³-hybridized carbons (Fsp3) is 0.231. The molecule has 0 bridgehead atoms. The first kappa shape index (κ1) is 25.6. The third kappa shape index (κ3) is 6.94. The minimum Gasteiger partial charge on any atom is -0.393 e. The molecule has 0 aliphatic carbocycles. The van der Waals surface area contributed by atoms with Crippen LogP contribution in [0.1, 0.15) is 25.8 Å². The van der Waals surface area contributed by atoms with Crippen molar-refractivity contribution < 1.29 is 30.3 Å². The standard InChI is InChI=1S/C21H16N3.C5H12O2.Ir/c1-16-12-14-19(15-13-16)24-20(17-8-4-2-5-9-17)22-23-21(24)18-10-6-3-7-11-18;1-4(6)3-5(2)7;/h2-10,12-15H,1H3;4-7H,3H2,1-2H3;/q-1;;. The average Bonchev–Trinajstić information content (AvgIpc) is 3.20. The summed E-state index contributed by atoms with van der Waals surface area (Å²) in [5.74, 6) is 1.62. The van der Waals surface area contributed by atoms with E-state index in [1.807, 2.05) is 54.6 Å². The first-order chi connectivity index (χ1) is 15.0. The minimum atomic E-state index is -0.375. The normalized spacial score (nSPS) is 12.2. The number of rotatable bonds is 5. The summed E-state index contributed by atoms with van der Waals surface area (Å²) >= 11 is 0. The quantitative estimate of drug-likeness (QED) is 0.319. The van der Waals surface area contributed by atoms with Crippen LogP contribution in [0.2, 0.25) is 0 Å². The molecule has 2 atom stereocenters. The zero-order valence-corrected chi connectivity index (χ0v) is 20.8. The molecule has 32 heavy (non-hydrogen) atoms. The Labute approximate surface area is 203 Å². The van der Waals surface area contributed by atoms with Crippen LogP contribution >= 0.6 is 0 Å². The van der Waals surface area contributed by atoms with Crippen LogP contribution in [0.25, 0.3) is 28.5 Å². The monoisotopic (exact) mass is 607 g/mol. The molecule has 1 heterocycles. The molecule has 4 rings (SSSR count).